The smallest absolute Gasteiger partial charge is 0.240 e. The predicted octanol–water partition coefficient (Wildman–Crippen LogP) is 2.37. The van der Waals surface area contributed by atoms with Gasteiger partial charge in [-0.2, -0.15) is 4.98 Å². The second-order valence-corrected chi connectivity index (χ2v) is 4.66. The van der Waals surface area contributed by atoms with E-state index in [1.807, 2.05) is 0 Å². The maximum absolute atomic E-state index is 13.0. The topological polar surface area (TPSA) is 60.2 Å². The number of rotatable bonds is 6. The Morgan fingerprint density at radius 2 is 2.32 bits per heavy atom. The second-order valence-electron chi connectivity index (χ2n) is 3.81. The summed E-state index contributed by atoms with van der Waals surface area (Å²) in [6.45, 7) is 1.79. The molecule has 0 saturated carbocycles. The van der Waals surface area contributed by atoms with Crippen molar-refractivity contribution in [1.29, 1.82) is 0 Å². The standard InChI is InChI=1S/C12H13BrFN3O2/c1-18-5-4-15-7-11-16-12(17-19-11)9-3-2-8(14)6-10(9)13/h2-3,6,15H,4-5,7H2,1H3. The van der Waals surface area contributed by atoms with Crippen molar-refractivity contribution in [2.75, 3.05) is 20.3 Å². The first-order valence-corrected chi connectivity index (χ1v) is 6.47. The Morgan fingerprint density at radius 3 is 3.05 bits per heavy atom. The Morgan fingerprint density at radius 1 is 1.47 bits per heavy atom. The summed E-state index contributed by atoms with van der Waals surface area (Å²) in [7, 11) is 1.64. The van der Waals surface area contributed by atoms with E-state index in [0.717, 1.165) is 0 Å². The van der Waals surface area contributed by atoms with Crippen molar-refractivity contribution in [2.24, 2.45) is 0 Å². The lowest BCUT2D eigenvalue weighted by molar-refractivity contribution is 0.197. The first kappa shape index (κ1) is 14.1. The number of hydrogen-bond donors (Lipinski definition) is 1. The van der Waals surface area contributed by atoms with Crippen LogP contribution in [0.5, 0.6) is 0 Å². The summed E-state index contributed by atoms with van der Waals surface area (Å²) < 4.78 is 23.6. The first-order chi connectivity index (χ1) is 9.20. The van der Waals surface area contributed by atoms with Gasteiger partial charge >= 0.3 is 0 Å². The SMILES string of the molecule is COCCNCc1nc(-c2ccc(F)cc2Br)no1. The molecule has 2 rings (SSSR count). The molecule has 1 heterocycles. The van der Waals surface area contributed by atoms with Gasteiger partial charge in [0.2, 0.25) is 11.7 Å². The molecule has 1 aromatic carbocycles. The second kappa shape index (κ2) is 6.74. The maximum Gasteiger partial charge on any atom is 0.240 e. The van der Waals surface area contributed by atoms with E-state index < -0.39 is 0 Å². The van der Waals surface area contributed by atoms with E-state index in [1.54, 1.807) is 13.2 Å². The molecule has 0 aliphatic carbocycles. The lowest BCUT2D eigenvalue weighted by atomic mass is 10.2. The zero-order chi connectivity index (χ0) is 13.7. The summed E-state index contributed by atoms with van der Waals surface area (Å²) in [6, 6.07) is 4.32. The van der Waals surface area contributed by atoms with Crippen molar-refractivity contribution >= 4 is 15.9 Å². The van der Waals surface area contributed by atoms with Crippen LogP contribution in [0.1, 0.15) is 5.89 Å². The van der Waals surface area contributed by atoms with E-state index in [-0.39, 0.29) is 5.82 Å². The van der Waals surface area contributed by atoms with E-state index in [4.69, 9.17) is 9.26 Å². The van der Waals surface area contributed by atoms with Gasteiger partial charge in [0.25, 0.3) is 0 Å². The van der Waals surface area contributed by atoms with E-state index >= 15 is 0 Å². The van der Waals surface area contributed by atoms with Crippen LogP contribution in [0.25, 0.3) is 11.4 Å². The zero-order valence-electron chi connectivity index (χ0n) is 10.3. The van der Waals surface area contributed by atoms with Crippen LogP contribution in [0.4, 0.5) is 4.39 Å². The normalized spacial score (nSPS) is 10.9. The monoisotopic (exact) mass is 329 g/mol. The number of nitrogens with one attached hydrogen (secondary N) is 1. The Hall–Kier alpha value is -1.31. The zero-order valence-corrected chi connectivity index (χ0v) is 11.9. The van der Waals surface area contributed by atoms with Crippen LogP contribution in [0.2, 0.25) is 0 Å². The van der Waals surface area contributed by atoms with Gasteiger partial charge in [-0.1, -0.05) is 5.16 Å². The minimum absolute atomic E-state index is 0.319. The molecular formula is C12H13BrFN3O2. The van der Waals surface area contributed by atoms with E-state index in [9.17, 15) is 4.39 Å². The van der Waals surface area contributed by atoms with E-state index in [0.29, 0.717) is 41.4 Å². The highest BCUT2D eigenvalue weighted by Gasteiger charge is 2.11. The van der Waals surface area contributed by atoms with Gasteiger partial charge in [-0.05, 0) is 34.1 Å². The number of hydrogen-bond acceptors (Lipinski definition) is 5. The fourth-order valence-corrected chi connectivity index (χ4v) is 2.00. The van der Waals surface area contributed by atoms with Crippen molar-refractivity contribution in [3.05, 3.63) is 34.4 Å². The van der Waals surface area contributed by atoms with Crippen LogP contribution in [-0.2, 0) is 11.3 Å². The van der Waals surface area contributed by atoms with Gasteiger partial charge in [0.15, 0.2) is 0 Å². The van der Waals surface area contributed by atoms with Crippen molar-refractivity contribution in [3.63, 3.8) is 0 Å². The van der Waals surface area contributed by atoms with Crippen molar-refractivity contribution < 1.29 is 13.7 Å². The highest BCUT2D eigenvalue weighted by molar-refractivity contribution is 9.10. The lowest BCUT2D eigenvalue weighted by Gasteiger charge is -1.99. The molecule has 5 nitrogen and oxygen atoms in total. The van der Waals surface area contributed by atoms with Crippen LogP contribution in [0.3, 0.4) is 0 Å². The minimum atomic E-state index is -0.319. The molecule has 0 unspecified atom stereocenters. The third-order valence-electron chi connectivity index (χ3n) is 2.40. The predicted molar refractivity (Wildman–Crippen MR) is 71.0 cm³/mol. The first-order valence-electron chi connectivity index (χ1n) is 5.68. The molecule has 0 amide bonds. The lowest BCUT2D eigenvalue weighted by Crippen LogP contribution is -2.18. The number of aromatic nitrogens is 2. The highest BCUT2D eigenvalue weighted by atomic mass is 79.9. The van der Waals surface area contributed by atoms with Gasteiger partial charge in [-0.3, -0.25) is 0 Å². The molecule has 7 heteroatoms. The molecule has 0 bridgehead atoms. The summed E-state index contributed by atoms with van der Waals surface area (Å²) in [5, 5.41) is 6.96. The molecule has 0 radical (unpaired) electrons. The number of halogens is 2. The quantitative estimate of drug-likeness (QED) is 0.824. The Balaban J connectivity index is 2.04. The average Bonchev–Trinajstić information content (AvgIpc) is 2.83. The molecule has 102 valence electrons. The van der Waals surface area contributed by atoms with Gasteiger partial charge in [-0.15, -0.1) is 0 Å². The van der Waals surface area contributed by atoms with Gasteiger partial charge < -0.3 is 14.6 Å². The molecular weight excluding hydrogens is 317 g/mol. The van der Waals surface area contributed by atoms with Crippen LogP contribution in [0, 0.1) is 5.82 Å². The number of benzene rings is 1. The van der Waals surface area contributed by atoms with E-state index in [2.05, 4.69) is 31.4 Å². The average molecular weight is 330 g/mol. The fraction of sp³-hybridized carbons (Fsp3) is 0.333. The van der Waals surface area contributed by atoms with E-state index in [1.165, 1.54) is 12.1 Å². The largest absolute Gasteiger partial charge is 0.383 e. The Kier molecular flexibility index (Phi) is 5.00. The number of ether oxygens (including phenoxy) is 1. The third kappa shape index (κ3) is 3.82. The third-order valence-corrected chi connectivity index (χ3v) is 3.06. The molecule has 1 aromatic heterocycles. The van der Waals surface area contributed by atoms with Gasteiger partial charge in [0.05, 0.1) is 13.2 Å². The summed E-state index contributed by atoms with van der Waals surface area (Å²) in [4.78, 5) is 4.24. The van der Waals surface area contributed by atoms with Crippen molar-refractivity contribution in [2.45, 2.75) is 6.54 Å². The molecule has 0 aliphatic heterocycles. The Labute approximate surface area is 118 Å². The molecule has 19 heavy (non-hydrogen) atoms. The van der Waals surface area contributed by atoms with Crippen molar-refractivity contribution in [3.8, 4) is 11.4 Å². The summed E-state index contributed by atoms with van der Waals surface area (Å²) >= 11 is 3.27. The van der Waals surface area contributed by atoms with Crippen molar-refractivity contribution in [1.82, 2.24) is 15.5 Å². The van der Waals surface area contributed by atoms with Crippen LogP contribution >= 0.6 is 15.9 Å². The molecule has 0 spiro atoms. The molecule has 0 aliphatic rings. The number of nitrogens with zero attached hydrogens (tertiary/aromatic N) is 2. The molecule has 1 N–H and O–H groups in total. The molecule has 0 fully saturated rings. The maximum atomic E-state index is 13.0. The number of methoxy groups -OCH3 is 1. The molecule has 2 aromatic rings. The van der Waals surface area contributed by atoms with Gasteiger partial charge in [-0.25, -0.2) is 4.39 Å². The Bertz CT molecular complexity index is 548. The summed E-state index contributed by atoms with van der Waals surface area (Å²) in [6.07, 6.45) is 0. The van der Waals surface area contributed by atoms with Gasteiger partial charge in [0, 0.05) is 23.7 Å². The van der Waals surface area contributed by atoms with Gasteiger partial charge in [0.1, 0.15) is 5.82 Å². The minimum Gasteiger partial charge on any atom is -0.383 e. The van der Waals surface area contributed by atoms with Crippen LogP contribution < -0.4 is 5.32 Å². The fourth-order valence-electron chi connectivity index (χ4n) is 1.48. The molecule has 0 saturated heterocycles. The summed E-state index contributed by atoms with van der Waals surface area (Å²) in [5.41, 5.74) is 0.688. The van der Waals surface area contributed by atoms with Crippen LogP contribution in [-0.4, -0.2) is 30.4 Å². The van der Waals surface area contributed by atoms with Crippen LogP contribution in [0.15, 0.2) is 27.2 Å². The summed E-state index contributed by atoms with van der Waals surface area (Å²) in [5.74, 6) is 0.582. The highest BCUT2D eigenvalue weighted by Crippen LogP contribution is 2.26. The molecule has 0 atom stereocenters.